The Morgan fingerprint density at radius 3 is 2.54 bits per heavy atom. The maximum atomic E-state index is 12.9. The number of oxime groups is 1. The number of carbonyl (C=O) groups is 4. The predicted octanol–water partition coefficient (Wildman–Crippen LogP) is 1.37. The van der Waals surface area contributed by atoms with Gasteiger partial charge in [0.25, 0.3) is 11.8 Å². The number of carboxylic acids is 1. The van der Waals surface area contributed by atoms with E-state index in [9.17, 15) is 42.7 Å². The fraction of sp³-hybridized carbons (Fsp3) is 0.304. The highest BCUT2D eigenvalue weighted by Gasteiger charge is 2.54. The van der Waals surface area contributed by atoms with E-state index < -0.39 is 53.7 Å². The second-order valence-electron chi connectivity index (χ2n) is 8.45. The number of nitrogens with zero attached hydrogens (tertiary/aromatic N) is 3. The molecule has 4 rings (SSSR count). The number of nitrogens with one attached hydrogen (secondary N) is 1. The molecule has 0 saturated carbocycles. The molecule has 41 heavy (non-hydrogen) atoms. The van der Waals surface area contributed by atoms with Crippen molar-refractivity contribution >= 4 is 57.7 Å². The van der Waals surface area contributed by atoms with Gasteiger partial charge in [0, 0.05) is 23.1 Å². The van der Waals surface area contributed by atoms with E-state index >= 15 is 0 Å². The number of thiazole rings is 1. The van der Waals surface area contributed by atoms with Gasteiger partial charge in [-0.3, -0.25) is 14.5 Å². The number of esters is 1. The third-order valence-electron chi connectivity index (χ3n) is 5.81. The van der Waals surface area contributed by atoms with Crippen molar-refractivity contribution in [3.8, 4) is 5.75 Å². The first-order chi connectivity index (χ1) is 19.4. The standard InChI is InChI=1S/C23H20F3N5O8S2/c24-23(25,26)21(36)38-6-5-10-1-3-12(4-2-10)39-7-11-8-40-19-15(18(33)31(19)16(11)20(34)35)29-17(32)14(30-37)13-9-41-22(27)28-13/h1-4,9,15,19,37H,5-8H2,(H2,27,28)(H,29,32)(H,34,35)/t15?,19-/m0/s1. The number of fused-ring (bicyclic) bond motifs is 1. The number of aliphatic carboxylic acids is 1. The smallest absolute Gasteiger partial charge is 0.489 e. The van der Waals surface area contributed by atoms with E-state index in [1.165, 1.54) is 29.3 Å². The Bertz CT molecular complexity index is 1430. The molecular formula is C23H20F3N5O8S2. The van der Waals surface area contributed by atoms with Crippen LogP contribution in [-0.2, 0) is 30.3 Å². The molecule has 0 bridgehead atoms. The van der Waals surface area contributed by atoms with E-state index in [0.717, 1.165) is 16.2 Å². The quantitative estimate of drug-likeness (QED) is 0.0992. The van der Waals surface area contributed by atoms with E-state index in [-0.39, 0.29) is 35.3 Å². The van der Waals surface area contributed by atoms with Gasteiger partial charge in [0.15, 0.2) is 10.8 Å². The number of ether oxygens (including phenoxy) is 2. The normalized spacial score (nSPS) is 18.9. The molecule has 218 valence electrons. The second kappa shape index (κ2) is 12.0. The number of nitrogen functional groups attached to an aromatic ring is 1. The number of aromatic nitrogens is 1. The summed E-state index contributed by atoms with van der Waals surface area (Å²) in [4.78, 5) is 53.2. The van der Waals surface area contributed by atoms with Gasteiger partial charge in [-0.15, -0.1) is 23.1 Å². The van der Waals surface area contributed by atoms with Crippen LogP contribution >= 0.6 is 23.1 Å². The van der Waals surface area contributed by atoms with Crippen molar-refractivity contribution in [1.29, 1.82) is 0 Å². The molecule has 0 aliphatic carbocycles. The first-order valence-electron chi connectivity index (χ1n) is 11.5. The lowest BCUT2D eigenvalue weighted by Gasteiger charge is -2.49. The summed E-state index contributed by atoms with van der Waals surface area (Å²) in [5.41, 5.74) is 5.68. The lowest BCUT2D eigenvalue weighted by atomic mass is 10.0. The number of hydrogen-bond acceptors (Lipinski definition) is 12. The summed E-state index contributed by atoms with van der Waals surface area (Å²) in [5, 5.41) is 25.3. The Hall–Kier alpha value is -4.32. The second-order valence-corrected chi connectivity index (χ2v) is 10.4. The van der Waals surface area contributed by atoms with Gasteiger partial charge in [0.05, 0.1) is 6.61 Å². The molecule has 1 aromatic heterocycles. The van der Waals surface area contributed by atoms with E-state index in [1.807, 2.05) is 0 Å². The molecule has 2 aromatic rings. The average Bonchev–Trinajstić information content (AvgIpc) is 3.35. The first-order valence-corrected chi connectivity index (χ1v) is 13.4. The number of amides is 2. The molecule has 5 N–H and O–H groups in total. The molecule has 0 radical (unpaired) electrons. The zero-order valence-electron chi connectivity index (χ0n) is 20.6. The molecule has 0 spiro atoms. The third kappa shape index (κ3) is 6.54. The number of β-lactam (4-membered cyclic amide) rings is 1. The Balaban J connectivity index is 1.36. The maximum Gasteiger partial charge on any atom is 0.490 e. The number of anilines is 1. The first kappa shape index (κ1) is 29.7. The highest BCUT2D eigenvalue weighted by molar-refractivity contribution is 8.00. The minimum absolute atomic E-state index is 0.0101. The van der Waals surface area contributed by atoms with Gasteiger partial charge in [0.2, 0.25) is 0 Å². The molecule has 1 aromatic carbocycles. The van der Waals surface area contributed by atoms with Crippen LogP contribution in [0.15, 0.2) is 46.1 Å². The number of carboxylic acid groups (broad SMARTS) is 1. The van der Waals surface area contributed by atoms with Crippen LogP contribution in [0.25, 0.3) is 0 Å². The fourth-order valence-corrected chi connectivity index (χ4v) is 5.75. The molecule has 3 heterocycles. The van der Waals surface area contributed by atoms with Crippen molar-refractivity contribution in [1.82, 2.24) is 15.2 Å². The van der Waals surface area contributed by atoms with E-state index in [2.05, 4.69) is 20.2 Å². The summed E-state index contributed by atoms with van der Waals surface area (Å²) < 4.78 is 46.4. The minimum atomic E-state index is -5.07. The number of hydrogen-bond donors (Lipinski definition) is 4. The number of nitrogens with two attached hydrogens (primary N) is 1. The largest absolute Gasteiger partial charge is 0.490 e. The van der Waals surface area contributed by atoms with Crippen LogP contribution in [0.5, 0.6) is 5.75 Å². The summed E-state index contributed by atoms with van der Waals surface area (Å²) >= 11 is 2.21. The predicted molar refractivity (Wildman–Crippen MR) is 137 cm³/mol. The summed E-state index contributed by atoms with van der Waals surface area (Å²) in [5.74, 6) is -4.74. The molecule has 2 aliphatic rings. The number of alkyl halides is 3. The van der Waals surface area contributed by atoms with E-state index in [1.54, 1.807) is 12.1 Å². The summed E-state index contributed by atoms with van der Waals surface area (Å²) in [6.07, 6.45) is -5.03. The number of benzene rings is 1. The van der Waals surface area contributed by atoms with Crippen molar-refractivity contribution in [2.75, 3.05) is 24.7 Å². The van der Waals surface area contributed by atoms with Crippen LogP contribution in [0.4, 0.5) is 18.3 Å². The molecule has 1 unspecified atom stereocenters. The van der Waals surface area contributed by atoms with Crippen LogP contribution in [0.1, 0.15) is 11.3 Å². The summed E-state index contributed by atoms with van der Waals surface area (Å²) in [6, 6.07) is 5.03. The van der Waals surface area contributed by atoms with Gasteiger partial charge in [-0.1, -0.05) is 17.3 Å². The summed E-state index contributed by atoms with van der Waals surface area (Å²) in [6.45, 7) is -0.651. The average molecular weight is 616 g/mol. The molecule has 1 saturated heterocycles. The van der Waals surface area contributed by atoms with Gasteiger partial charge in [0.1, 0.15) is 35.2 Å². The molecule has 2 aliphatic heterocycles. The van der Waals surface area contributed by atoms with E-state index in [0.29, 0.717) is 16.9 Å². The van der Waals surface area contributed by atoms with Crippen LogP contribution in [0, 0.1) is 0 Å². The minimum Gasteiger partial charge on any atom is -0.489 e. The van der Waals surface area contributed by atoms with Crippen molar-refractivity contribution < 1.29 is 52.1 Å². The Morgan fingerprint density at radius 1 is 1.24 bits per heavy atom. The monoisotopic (exact) mass is 615 g/mol. The van der Waals surface area contributed by atoms with Gasteiger partial charge in [-0.2, -0.15) is 13.2 Å². The van der Waals surface area contributed by atoms with Crippen LogP contribution < -0.4 is 15.8 Å². The Morgan fingerprint density at radius 2 is 1.95 bits per heavy atom. The zero-order chi connectivity index (χ0) is 29.9. The number of carbonyl (C=O) groups excluding carboxylic acids is 3. The number of thioether (sulfide) groups is 1. The molecule has 2 atom stereocenters. The molecular weight excluding hydrogens is 595 g/mol. The highest BCUT2D eigenvalue weighted by Crippen LogP contribution is 2.40. The van der Waals surface area contributed by atoms with Gasteiger partial charge in [-0.25, -0.2) is 14.6 Å². The van der Waals surface area contributed by atoms with Crippen LogP contribution in [0.2, 0.25) is 0 Å². The van der Waals surface area contributed by atoms with Crippen LogP contribution in [-0.4, -0.2) is 86.2 Å². The van der Waals surface area contributed by atoms with Gasteiger partial charge >= 0.3 is 18.1 Å². The number of rotatable bonds is 10. The lowest BCUT2D eigenvalue weighted by molar-refractivity contribution is -0.199. The third-order valence-corrected chi connectivity index (χ3v) is 7.82. The number of halogens is 3. The van der Waals surface area contributed by atoms with Crippen molar-refractivity contribution in [3.63, 3.8) is 0 Å². The molecule has 1 fully saturated rings. The Kier molecular flexibility index (Phi) is 8.72. The SMILES string of the molecule is Nc1nc(C(=NO)C(=O)NC2C(=O)N3C(C(=O)O)=C(COc4ccc(CCOC(=O)C(F)(F)F)cc4)CS[C@@H]23)cs1. The summed E-state index contributed by atoms with van der Waals surface area (Å²) in [7, 11) is 0. The van der Waals surface area contributed by atoms with Crippen molar-refractivity contribution in [3.05, 3.63) is 52.2 Å². The zero-order valence-corrected chi connectivity index (χ0v) is 22.2. The maximum absolute atomic E-state index is 12.9. The van der Waals surface area contributed by atoms with Crippen LogP contribution in [0.3, 0.4) is 0 Å². The van der Waals surface area contributed by atoms with Gasteiger partial charge < -0.3 is 30.8 Å². The molecule has 2 amide bonds. The lowest BCUT2D eigenvalue weighted by Crippen LogP contribution is -2.71. The molecule has 13 nitrogen and oxygen atoms in total. The highest BCUT2D eigenvalue weighted by atomic mass is 32.2. The van der Waals surface area contributed by atoms with Crippen molar-refractivity contribution in [2.24, 2.45) is 5.16 Å². The fourth-order valence-electron chi connectivity index (χ4n) is 3.88. The Labute approximate surface area is 236 Å². The topological polar surface area (TPSA) is 194 Å². The van der Waals surface area contributed by atoms with E-state index in [4.69, 9.17) is 10.5 Å². The van der Waals surface area contributed by atoms with Crippen molar-refractivity contribution in [2.45, 2.75) is 24.0 Å². The molecule has 18 heteroatoms. The van der Waals surface area contributed by atoms with Gasteiger partial charge in [-0.05, 0) is 17.7 Å².